The topological polar surface area (TPSA) is 52.5 Å². The van der Waals surface area contributed by atoms with E-state index in [0.29, 0.717) is 17.1 Å². The first kappa shape index (κ1) is 20.6. The molecule has 0 aromatic heterocycles. The molecule has 0 saturated heterocycles. The predicted octanol–water partition coefficient (Wildman–Crippen LogP) is 4.41. The van der Waals surface area contributed by atoms with Gasteiger partial charge in [0.25, 0.3) is 0 Å². The number of benzene rings is 3. The zero-order valence-electron chi connectivity index (χ0n) is 16.0. The molecule has 3 nitrogen and oxygen atoms in total. The fourth-order valence-corrected chi connectivity index (χ4v) is 3.73. The van der Waals surface area contributed by atoms with Gasteiger partial charge in [0.1, 0.15) is 5.60 Å². The Morgan fingerprint density at radius 1 is 0.893 bits per heavy atom. The molecule has 4 heteroatoms. The Bertz CT molecular complexity index is 900. The van der Waals surface area contributed by atoms with Crippen LogP contribution in [0, 0.1) is 0 Å². The van der Waals surface area contributed by atoms with Crippen LogP contribution in [0.5, 0.6) is 0 Å². The number of hydrogen-bond donors (Lipinski definition) is 3. The number of aliphatic hydroxyl groups excluding tert-OH is 1. The zero-order valence-corrected chi connectivity index (χ0v) is 16.7. The van der Waals surface area contributed by atoms with Gasteiger partial charge in [0.15, 0.2) is 0 Å². The van der Waals surface area contributed by atoms with Crippen LogP contribution in [-0.4, -0.2) is 29.4 Å². The molecule has 0 fully saturated rings. The van der Waals surface area contributed by atoms with Gasteiger partial charge in [-0.05, 0) is 29.3 Å². The fourth-order valence-electron chi connectivity index (χ4n) is 3.50. The van der Waals surface area contributed by atoms with Gasteiger partial charge in [0.05, 0.1) is 6.10 Å². The van der Waals surface area contributed by atoms with E-state index in [1.165, 1.54) is 0 Å². The van der Waals surface area contributed by atoms with Crippen molar-refractivity contribution < 1.29 is 10.2 Å². The molecular formula is C24H26ClNO2. The van der Waals surface area contributed by atoms with E-state index >= 15 is 0 Å². The van der Waals surface area contributed by atoms with Crippen LogP contribution in [0.2, 0.25) is 5.02 Å². The summed E-state index contributed by atoms with van der Waals surface area (Å²) in [5.41, 5.74) is 2.06. The molecule has 2 atom stereocenters. The zero-order chi connectivity index (χ0) is 20.0. The van der Waals surface area contributed by atoms with Gasteiger partial charge in [0, 0.05) is 23.6 Å². The molecule has 146 valence electrons. The second-order valence-corrected chi connectivity index (χ2v) is 7.33. The predicted molar refractivity (Wildman–Crippen MR) is 115 cm³/mol. The summed E-state index contributed by atoms with van der Waals surface area (Å²) < 4.78 is 0. The lowest BCUT2D eigenvalue weighted by Crippen LogP contribution is -2.47. The monoisotopic (exact) mass is 395 g/mol. The van der Waals surface area contributed by atoms with Crippen LogP contribution in [0.4, 0.5) is 0 Å². The van der Waals surface area contributed by atoms with Crippen molar-refractivity contribution in [3.05, 3.63) is 95.0 Å². The largest absolute Gasteiger partial charge is 0.388 e. The molecule has 28 heavy (non-hydrogen) atoms. The van der Waals surface area contributed by atoms with Crippen LogP contribution in [0.25, 0.3) is 11.1 Å². The van der Waals surface area contributed by atoms with Gasteiger partial charge in [-0.25, -0.2) is 0 Å². The minimum Gasteiger partial charge on any atom is -0.388 e. The first-order valence-electron chi connectivity index (χ1n) is 9.55. The average molecular weight is 396 g/mol. The third-order valence-electron chi connectivity index (χ3n) is 5.05. The van der Waals surface area contributed by atoms with Crippen LogP contribution in [0.1, 0.15) is 18.1 Å². The quantitative estimate of drug-likeness (QED) is 0.529. The molecule has 0 saturated carbocycles. The Hall–Kier alpha value is -2.17. The molecule has 0 spiro atoms. The van der Waals surface area contributed by atoms with Gasteiger partial charge in [-0.1, -0.05) is 91.3 Å². The summed E-state index contributed by atoms with van der Waals surface area (Å²) in [6.07, 6.45) is -0.695. The number of likely N-dealkylation sites (N-methyl/N-ethyl adjacent to an activating group) is 1. The molecule has 0 amide bonds. The van der Waals surface area contributed by atoms with Crippen LogP contribution < -0.4 is 5.32 Å². The van der Waals surface area contributed by atoms with Gasteiger partial charge < -0.3 is 15.5 Å². The van der Waals surface area contributed by atoms with Crippen molar-refractivity contribution in [3.63, 3.8) is 0 Å². The molecular weight excluding hydrogens is 370 g/mol. The molecule has 0 bridgehead atoms. The molecule has 3 aromatic rings. The van der Waals surface area contributed by atoms with E-state index in [-0.39, 0.29) is 6.42 Å². The smallest absolute Gasteiger partial charge is 0.121 e. The van der Waals surface area contributed by atoms with E-state index in [4.69, 9.17) is 11.6 Å². The number of aliphatic hydroxyl groups is 2. The third kappa shape index (κ3) is 4.45. The normalized spacial score (nSPS) is 14.4. The summed E-state index contributed by atoms with van der Waals surface area (Å²) in [5, 5.41) is 26.3. The highest BCUT2D eigenvalue weighted by molar-refractivity contribution is 6.33. The van der Waals surface area contributed by atoms with Crippen molar-refractivity contribution in [2.75, 3.05) is 13.1 Å². The lowest BCUT2D eigenvalue weighted by molar-refractivity contribution is -0.0785. The lowest BCUT2D eigenvalue weighted by Gasteiger charge is -2.34. The van der Waals surface area contributed by atoms with E-state index < -0.39 is 11.7 Å². The standard InChI is InChI=1S/C24H26ClNO2/c1-2-26-17-23(27)24(28,19-11-4-3-5-12-19)16-18-10-6-7-13-20(18)21-14-8-9-15-22(21)25/h3-15,23,26-28H,2,16-17H2,1H3/t23?,24-/m1/s1. The van der Waals surface area contributed by atoms with Gasteiger partial charge in [-0.3, -0.25) is 0 Å². The van der Waals surface area contributed by atoms with E-state index in [9.17, 15) is 10.2 Å². The Morgan fingerprint density at radius 2 is 1.50 bits per heavy atom. The van der Waals surface area contributed by atoms with Gasteiger partial charge in [0.2, 0.25) is 0 Å². The molecule has 3 N–H and O–H groups in total. The fraction of sp³-hybridized carbons (Fsp3) is 0.250. The van der Waals surface area contributed by atoms with Gasteiger partial charge >= 0.3 is 0 Å². The first-order valence-corrected chi connectivity index (χ1v) is 9.93. The second-order valence-electron chi connectivity index (χ2n) is 6.93. The maximum atomic E-state index is 11.6. The lowest BCUT2D eigenvalue weighted by atomic mass is 9.80. The molecule has 0 aliphatic carbocycles. The Morgan fingerprint density at radius 3 is 2.18 bits per heavy atom. The number of halogens is 1. The molecule has 3 aromatic carbocycles. The molecule has 0 radical (unpaired) electrons. The van der Waals surface area contributed by atoms with Crippen molar-refractivity contribution in [1.29, 1.82) is 0 Å². The minimum atomic E-state index is -1.43. The van der Waals surface area contributed by atoms with E-state index in [2.05, 4.69) is 5.32 Å². The SMILES string of the molecule is CCNCC(O)[C@@](O)(Cc1ccccc1-c1ccccc1Cl)c1ccccc1. The highest BCUT2D eigenvalue weighted by Crippen LogP contribution is 2.36. The summed E-state index contributed by atoms with van der Waals surface area (Å²) >= 11 is 6.43. The molecule has 0 heterocycles. The molecule has 0 aliphatic rings. The second kappa shape index (κ2) is 9.35. The molecule has 1 unspecified atom stereocenters. The maximum absolute atomic E-state index is 11.6. The van der Waals surface area contributed by atoms with Crippen LogP contribution in [0.15, 0.2) is 78.9 Å². The van der Waals surface area contributed by atoms with Crippen molar-refractivity contribution in [1.82, 2.24) is 5.32 Å². The van der Waals surface area contributed by atoms with E-state index in [1.807, 2.05) is 85.8 Å². The third-order valence-corrected chi connectivity index (χ3v) is 5.38. The summed E-state index contributed by atoms with van der Waals surface area (Å²) in [5.74, 6) is 0. The molecule has 0 aliphatic heterocycles. The Labute approximate surface area is 171 Å². The molecule has 3 rings (SSSR count). The van der Waals surface area contributed by atoms with Gasteiger partial charge in [-0.2, -0.15) is 0 Å². The maximum Gasteiger partial charge on any atom is 0.121 e. The number of nitrogens with one attached hydrogen (secondary N) is 1. The average Bonchev–Trinajstić information content (AvgIpc) is 2.73. The van der Waals surface area contributed by atoms with Crippen LogP contribution >= 0.6 is 11.6 Å². The van der Waals surface area contributed by atoms with Crippen molar-refractivity contribution in [2.24, 2.45) is 0 Å². The van der Waals surface area contributed by atoms with E-state index in [1.54, 1.807) is 0 Å². The van der Waals surface area contributed by atoms with Crippen LogP contribution in [0.3, 0.4) is 0 Å². The van der Waals surface area contributed by atoms with Gasteiger partial charge in [-0.15, -0.1) is 0 Å². The van der Waals surface area contributed by atoms with E-state index in [0.717, 1.165) is 23.2 Å². The van der Waals surface area contributed by atoms with Crippen molar-refractivity contribution in [3.8, 4) is 11.1 Å². The summed E-state index contributed by atoms with van der Waals surface area (Å²) in [6, 6.07) is 24.9. The Balaban J connectivity index is 2.04. The van der Waals surface area contributed by atoms with Crippen molar-refractivity contribution in [2.45, 2.75) is 25.0 Å². The number of hydrogen-bond acceptors (Lipinski definition) is 3. The first-order chi connectivity index (χ1) is 13.6. The highest BCUT2D eigenvalue weighted by atomic mass is 35.5. The van der Waals surface area contributed by atoms with Crippen LogP contribution in [-0.2, 0) is 12.0 Å². The number of rotatable bonds is 8. The minimum absolute atomic E-state index is 0.269. The summed E-state index contributed by atoms with van der Waals surface area (Å²) in [7, 11) is 0. The Kier molecular flexibility index (Phi) is 6.87. The summed E-state index contributed by atoms with van der Waals surface area (Å²) in [4.78, 5) is 0. The highest BCUT2D eigenvalue weighted by Gasteiger charge is 2.38. The summed E-state index contributed by atoms with van der Waals surface area (Å²) in [6.45, 7) is 3.00. The van der Waals surface area contributed by atoms with Crippen molar-refractivity contribution >= 4 is 11.6 Å².